The van der Waals surface area contributed by atoms with E-state index in [0.29, 0.717) is 12.1 Å². The van der Waals surface area contributed by atoms with Gasteiger partial charge in [0.2, 0.25) is 0 Å². The van der Waals surface area contributed by atoms with E-state index in [2.05, 4.69) is 15.7 Å². The third-order valence-electron chi connectivity index (χ3n) is 2.37. The highest BCUT2D eigenvalue weighted by Gasteiger charge is 2.29. The molecule has 0 bridgehead atoms. The lowest BCUT2D eigenvalue weighted by Gasteiger charge is -2.34. The van der Waals surface area contributed by atoms with Crippen LogP contribution in [-0.2, 0) is 4.74 Å². The SMILES string of the molecule is COC1CC(Nc2nc(C)cs2)C1. The number of aromatic nitrogens is 1. The van der Waals surface area contributed by atoms with Gasteiger partial charge in [-0.1, -0.05) is 0 Å². The molecule has 13 heavy (non-hydrogen) atoms. The first-order valence-electron chi connectivity index (χ1n) is 4.49. The summed E-state index contributed by atoms with van der Waals surface area (Å²) in [6.45, 7) is 2.01. The van der Waals surface area contributed by atoms with E-state index in [-0.39, 0.29) is 0 Å². The molecular formula is C9H14N2OS. The first kappa shape index (κ1) is 8.97. The lowest BCUT2D eigenvalue weighted by molar-refractivity contribution is 0.0328. The molecular weight excluding hydrogens is 184 g/mol. The molecule has 1 aliphatic rings. The quantitative estimate of drug-likeness (QED) is 0.807. The Kier molecular flexibility index (Phi) is 2.51. The highest BCUT2D eigenvalue weighted by Crippen LogP contribution is 2.27. The minimum Gasteiger partial charge on any atom is -0.381 e. The topological polar surface area (TPSA) is 34.1 Å². The minimum absolute atomic E-state index is 0.457. The van der Waals surface area contributed by atoms with Crippen LogP contribution in [0.3, 0.4) is 0 Å². The van der Waals surface area contributed by atoms with Crippen molar-refractivity contribution < 1.29 is 4.74 Å². The number of methoxy groups -OCH3 is 1. The number of nitrogens with zero attached hydrogens (tertiary/aromatic N) is 1. The maximum Gasteiger partial charge on any atom is 0.183 e. The summed E-state index contributed by atoms with van der Waals surface area (Å²) in [5.41, 5.74) is 1.09. The van der Waals surface area contributed by atoms with E-state index in [1.54, 1.807) is 18.4 Å². The third kappa shape index (κ3) is 2.00. The van der Waals surface area contributed by atoms with E-state index in [1.807, 2.05) is 6.92 Å². The lowest BCUT2D eigenvalue weighted by Crippen LogP contribution is -2.40. The van der Waals surface area contributed by atoms with Gasteiger partial charge in [0.05, 0.1) is 11.8 Å². The van der Waals surface area contributed by atoms with Crippen LogP contribution in [-0.4, -0.2) is 24.2 Å². The molecule has 0 spiro atoms. The standard InChI is InChI=1S/C9H14N2OS/c1-6-5-13-9(10-6)11-7-3-8(4-7)12-2/h5,7-8H,3-4H2,1-2H3,(H,10,11). The van der Waals surface area contributed by atoms with Gasteiger partial charge in [-0.2, -0.15) is 0 Å². The summed E-state index contributed by atoms with van der Waals surface area (Å²) in [6.07, 6.45) is 2.67. The number of ether oxygens (including phenoxy) is 1. The van der Waals surface area contributed by atoms with Crippen LogP contribution < -0.4 is 5.32 Å². The monoisotopic (exact) mass is 198 g/mol. The number of thiazole rings is 1. The van der Waals surface area contributed by atoms with Crippen LogP contribution >= 0.6 is 11.3 Å². The second-order valence-corrected chi connectivity index (χ2v) is 4.32. The van der Waals surface area contributed by atoms with Crippen molar-refractivity contribution in [1.29, 1.82) is 0 Å². The zero-order valence-corrected chi connectivity index (χ0v) is 8.73. The third-order valence-corrected chi connectivity index (χ3v) is 3.27. The summed E-state index contributed by atoms with van der Waals surface area (Å²) in [5.74, 6) is 0. The zero-order chi connectivity index (χ0) is 9.26. The predicted octanol–water partition coefficient (Wildman–Crippen LogP) is 2.04. The summed E-state index contributed by atoms with van der Waals surface area (Å²) >= 11 is 1.67. The van der Waals surface area contributed by atoms with Crippen LogP contribution in [0.15, 0.2) is 5.38 Å². The van der Waals surface area contributed by atoms with Crippen LogP contribution in [0.5, 0.6) is 0 Å². The molecule has 1 aliphatic carbocycles. The summed E-state index contributed by atoms with van der Waals surface area (Å²) in [7, 11) is 1.77. The Morgan fingerprint density at radius 3 is 2.92 bits per heavy atom. The molecule has 1 N–H and O–H groups in total. The van der Waals surface area contributed by atoms with E-state index in [0.717, 1.165) is 23.7 Å². The molecule has 1 fully saturated rings. The summed E-state index contributed by atoms with van der Waals surface area (Å²) < 4.78 is 5.20. The van der Waals surface area contributed by atoms with Gasteiger partial charge in [0.15, 0.2) is 5.13 Å². The van der Waals surface area contributed by atoms with Crippen LogP contribution in [0, 0.1) is 6.92 Å². The average Bonchev–Trinajstić information content (AvgIpc) is 2.43. The molecule has 0 aliphatic heterocycles. The first-order chi connectivity index (χ1) is 6.28. The van der Waals surface area contributed by atoms with Crippen LogP contribution in [0.25, 0.3) is 0 Å². The molecule has 1 aromatic heterocycles. The van der Waals surface area contributed by atoms with Gasteiger partial charge >= 0.3 is 0 Å². The molecule has 3 nitrogen and oxygen atoms in total. The van der Waals surface area contributed by atoms with Crippen molar-refractivity contribution in [3.05, 3.63) is 11.1 Å². The van der Waals surface area contributed by atoms with Gasteiger partial charge < -0.3 is 10.1 Å². The zero-order valence-electron chi connectivity index (χ0n) is 7.91. The van der Waals surface area contributed by atoms with Crippen molar-refractivity contribution in [3.63, 3.8) is 0 Å². The minimum atomic E-state index is 0.457. The van der Waals surface area contributed by atoms with Crippen LogP contribution in [0.1, 0.15) is 18.5 Å². The van der Waals surface area contributed by atoms with E-state index in [9.17, 15) is 0 Å². The molecule has 0 unspecified atom stereocenters. The Balaban J connectivity index is 1.81. The number of nitrogens with one attached hydrogen (secondary N) is 1. The first-order valence-corrected chi connectivity index (χ1v) is 5.37. The van der Waals surface area contributed by atoms with E-state index >= 15 is 0 Å². The van der Waals surface area contributed by atoms with Crippen molar-refractivity contribution in [2.24, 2.45) is 0 Å². The molecule has 0 aromatic carbocycles. The van der Waals surface area contributed by atoms with Gasteiger partial charge in [-0.15, -0.1) is 11.3 Å². The van der Waals surface area contributed by atoms with Crippen LogP contribution in [0.4, 0.5) is 5.13 Å². The predicted molar refractivity (Wildman–Crippen MR) is 54.3 cm³/mol. The number of hydrogen-bond donors (Lipinski definition) is 1. The van der Waals surface area contributed by atoms with E-state index in [1.165, 1.54) is 0 Å². The fraction of sp³-hybridized carbons (Fsp3) is 0.667. The van der Waals surface area contributed by atoms with Gasteiger partial charge in [-0.05, 0) is 19.8 Å². The van der Waals surface area contributed by atoms with Gasteiger partial charge in [-0.3, -0.25) is 0 Å². The Hall–Kier alpha value is -0.610. The molecule has 0 saturated heterocycles. The van der Waals surface area contributed by atoms with Crippen molar-refractivity contribution in [1.82, 2.24) is 4.98 Å². The smallest absolute Gasteiger partial charge is 0.183 e. The van der Waals surface area contributed by atoms with Gasteiger partial charge in [0, 0.05) is 18.5 Å². The molecule has 1 saturated carbocycles. The highest BCUT2D eigenvalue weighted by atomic mass is 32.1. The average molecular weight is 198 g/mol. The highest BCUT2D eigenvalue weighted by molar-refractivity contribution is 7.13. The van der Waals surface area contributed by atoms with Gasteiger partial charge in [0.25, 0.3) is 0 Å². The Bertz CT molecular complexity index is 281. The number of rotatable bonds is 3. The largest absolute Gasteiger partial charge is 0.381 e. The van der Waals surface area contributed by atoms with Gasteiger partial charge in [0.1, 0.15) is 0 Å². The normalized spacial score (nSPS) is 26.9. The molecule has 72 valence electrons. The second kappa shape index (κ2) is 3.64. The summed E-state index contributed by atoms with van der Waals surface area (Å²) in [6, 6.07) is 0.565. The molecule has 1 heterocycles. The van der Waals surface area contributed by atoms with Crippen molar-refractivity contribution in [3.8, 4) is 0 Å². The number of aryl methyl sites for hydroxylation is 1. The maximum atomic E-state index is 5.20. The Morgan fingerprint density at radius 2 is 2.38 bits per heavy atom. The Labute approximate surface area is 82.1 Å². The molecule has 0 radical (unpaired) electrons. The fourth-order valence-electron chi connectivity index (χ4n) is 1.47. The molecule has 2 rings (SSSR count). The Morgan fingerprint density at radius 1 is 1.62 bits per heavy atom. The van der Waals surface area contributed by atoms with Crippen molar-refractivity contribution >= 4 is 16.5 Å². The molecule has 0 amide bonds. The van der Waals surface area contributed by atoms with Gasteiger partial charge in [-0.25, -0.2) is 4.98 Å². The fourth-order valence-corrected chi connectivity index (χ4v) is 2.24. The van der Waals surface area contributed by atoms with E-state index in [4.69, 9.17) is 4.74 Å². The van der Waals surface area contributed by atoms with E-state index < -0.39 is 0 Å². The number of hydrogen-bond acceptors (Lipinski definition) is 4. The van der Waals surface area contributed by atoms with Crippen LogP contribution in [0.2, 0.25) is 0 Å². The summed E-state index contributed by atoms with van der Waals surface area (Å²) in [5, 5.41) is 6.49. The molecule has 0 atom stereocenters. The summed E-state index contributed by atoms with van der Waals surface area (Å²) in [4.78, 5) is 4.35. The van der Waals surface area contributed by atoms with Crippen molar-refractivity contribution in [2.45, 2.75) is 31.9 Å². The lowest BCUT2D eigenvalue weighted by atomic mass is 9.89. The van der Waals surface area contributed by atoms with Crippen molar-refractivity contribution in [2.75, 3.05) is 12.4 Å². The maximum absolute atomic E-state index is 5.20. The number of anilines is 1. The second-order valence-electron chi connectivity index (χ2n) is 3.46. The molecule has 1 aromatic rings. The molecule has 4 heteroatoms.